The van der Waals surface area contributed by atoms with Gasteiger partial charge in [0.2, 0.25) is 0 Å². The van der Waals surface area contributed by atoms with Crippen molar-refractivity contribution in [3.8, 4) is 0 Å². The Morgan fingerprint density at radius 2 is 2.05 bits per heavy atom. The van der Waals surface area contributed by atoms with Crippen molar-refractivity contribution in [1.29, 1.82) is 0 Å². The molecule has 3 heteroatoms. The highest BCUT2D eigenvalue weighted by Gasteiger charge is 2.32. The minimum Gasteiger partial charge on any atom is -0.376 e. The van der Waals surface area contributed by atoms with E-state index in [1.165, 1.54) is 38.6 Å². The number of ether oxygens (including phenoxy) is 1. The van der Waals surface area contributed by atoms with Gasteiger partial charge in [-0.1, -0.05) is 33.6 Å². The molecule has 124 valence electrons. The molecule has 1 saturated carbocycles. The number of nitrogens with zero attached hydrogens (tertiary/aromatic N) is 1. The lowest BCUT2D eigenvalue weighted by Crippen LogP contribution is -2.50. The van der Waals surface area contributed by atoms with E-state index in [1.54, 1.807) is 0 Å². The summed E-state index contributed by atoms with van der Waals surface area (Å²) < 4.78 is 5.82. The van der Waals surface area contributed by atoms with E-state index < -0.39 is 0 Å². The molecule has 1 saturated heterocycles. The van der Waals surface area contributed by atoms with Gasteiger partial charge in [-0.15, -0.1) is 0 Å². The van der Waals surface area contributed by atoms with Crippen molar-refractivity contribution in [2.45, 2.75) is 71.4 Å². The molecule has 4 atom stereocenters. The van der Waals surface area contributed by atoms with Crippen LogP contribution in [0.3, 0.4) is 0 Å². The monoisotopic (exact) mass is 296 g/mol. The van der Waals surface area contributed by atoms with Crippen LogP contribution in [-0.4, -0.2) is 49.8 Å². The highest BCUT2D eigenvalue weighted by atomic mass is 16.5. The highest BCUT2D eigenvalue weighted by Crippen LogP contribution is 2.33. The first-order valence-electron chi connectivity index (χ1n) is 9.34. The second-order valence-corrected chi connectivity index (χ2v) is 7.05. The van der Waals surface area contributed by atoms with Crippen LogP contribution in [0.2, 0.25) is 0 Å². The molecule has 21 heavy (non-hydrogen) atoms. The summed E-state index contributed by atoms with van der Waals surface area (Å²) in [5.41, 5.74) is 0. The van der Waals surface area contributed by atoms with Crippen LogP contribution in [0.5, 0.6) is 0 Å². The summed E-state index contributed by atoms with van der Waals surface area (Å²) in [4.78, 5) is 2.67. The number of nitrogens with one attached hydrogen (secondary N) is 1. The van der Waals surface area contributed by atoms with Gasteiger partial charge in [0.1, 0.15) is 0 Å². The second-order valence-electron chi connectivity index (χ2n) is 7.05. The maximum atomic E-state index is 5.82. The predicted octanol–water partition coefficient (Wildman–Crippen LogP) is 3.29. The summed E-state index contributed by atoms with van der Waals surface area (Å²) in [5.74, 6) is 1.81. The number of morpholine rings is 1. The molecule has 4 unspecified atom stereocenters. The zero-order chi connectivity index (χ0) is 15.1. The van der Waals surface area contributed by atoms with Gasteiger partial charge in [0, 0.05) is 25.7 Å². The lowest BCUT2D eigenvalue weighted by molar-refractivity contribution is -0.0384. The Labute approximate surface area is 131 Å². The van der Waals surface area contributed by atoms with Gasteiger partial charge in [-0.25, -0.2) is 0 Å². The molecule has 2 aliphatic rings. The van der Waals surface area contributed by atoms with E-state index in [1.807, 2.05) is 0 Å². The quantitative estimate of drug-likeness (QED) is 0.780. The van der Waals surface area contributed by atoms with Crippen LogP contribution in [0.15, 0.2) is 0 Å². The normalized spacial score (nSPS) is 35.0. The first-order valence-corrected chi connectivity index (χ1v) is 9.34. The molecular weight excluding hydrogens is 260 g/mol. The van der Waals surface area contributed by atoms with E-state index >= 15 is 0 Å². The molecule has 2 fully saturated rings. The topological polar surface area (TPSA) is 24.5 Å². The fourth-order valence-corrected chi connectivity index (χ4v) is 4.29. The molecule has 0 aromatic rings. The van der Waals surface area contributed by atoms with Crippen LogP contribution in [-0.2, 0) is 4.74 Å². The molecule has 1 aliphatic carbocycles. The summed E-state index contributed by atoms with van der Waals surface area (Å²) in [7, 11) is 0. The number of rotatable bonds is 7. The molecule has 2 rings (SSSR count). The summed E-state index contributed by atoms with van der Waals surface area (Å²) in [6.45, 7) is 12.4. The number of hydrogen-bond acceptors (Lipinski definition) is 3. The zero-order valence-corrected chi connectivity index (χ0v) is 14.4. The van der Waals surface area contributed by atoms with Crippen LogP contribution < -0.4 is 5.32 Å². The predicted molar refractivity (Wildman–Crippen MR) is 89.7 cm³/mol. The third-order valence-corrected chi connectivity index (χ3v) is 5.43. The Morgan fingerprint density at radius 3 is 2.76 bits per heavy atom. The van der Waals surface area contributed by atoms with E-state index in [-0.39, 0.29) is 0 Å². The average molecular weight is 296 g/mol. The molecule has 0 aromatic heterocycles. The Morgan fingerprint density at radius 1 is 1.19 bits per heavy atom. The second kappa shape index (κ2) is 9.12. The van der Waals surface area contributed by atoms with Crippen molar-refractivity contribution in [2.24, 2.45) is 11.8 Å². The third kappa shape index (κ3) is 5.22. The summed E-state index contributed by atoms with van der Waals surface area (Å²) in [5, 5.41) is 3.75. The van der Waals surface area contributed by atoms with E-state index in [4.69, 9.17) is 4.74 Å². The molecule has 1 aliphatic heterocycles. The maximum Gasteiger partial charge on any atom is 0.0700 e. The lowest BCUT2D eigenvalue weighted by Gasteiger charge is -2.41. The van der Waals surface area contributed by atoms with Crippen LogP contribution in [0.4, 0.5) is 0 Å². The van der Waals surface area contributed by atoms with Crippen molar-refractivity contribution in [3.63, 3.8) is 0 Å². The van der Waals surface area contributed by atoms with Gasteiger partial charge < -0.3 is 10.1 Å². The van der Waals surface area contributed by atoms with Crippen molar-refractivity contribution in [3.05, 3.63) is 0 Å². The molecule has 0 amide bonds. The van der Waals surface area contributed by atoms with Gasteiger partial charge in [-0.2, -0.15) is 0 Å². The molecule has 1 N–H and O–H groups in total. The highest BCUT2D eigenvalue weighted by molar-refractivity contribution is 4.87. The van der Waals surface area contributed by atoms with E-state index in [9.17, 15) is 0 Å². The SMILES string of the molecule is CCCC1CCC(NCC)C(CN2CCOC(CC)C2)C1. The third-order valence-electron chi connectivity index (χ3n) is 5.43. The largest absolute Gasteiger partial charge is 0.376 e. The maximum absolute atomic E-state index is 5.82. The van der Waals surface area contributed by atoms with Gasteiger partial charge in [-0.05, 0) is 44.1 Å². The zero-order valence-electron chi connectivity index (χ0n) is 14.4. The van der Waals surface area contributed by atoms with E-state index in [0.717, 1.165) is 50.5 Å². The lowest BCUT2D eigenvalue weighted by atomic mass is 9.76. The Hall–Kier alpha value is -0.120. The van der Waals surface area contributed by atoms with Crippen LogP contribution >= 0.6 is 0 Å². The molecule has 0 spiro atoms. The van der Waals surface area contributed by atoms with Crippen molar-refractivity contribution < 1.29 is 4.74 Å². The fraction of sp³-hybridized carbons (Fsp3) is 1.00. The minimum atomic E-state index is 0.464. The summed E-state index contributed by atoms with van der Waals surface area (Å²) in [6, 6.07) is 0.742. The molecule has 3 nitrogen and oxygen atoms in total. The van der Waals surface area contributed by atoms with Crippen molar-refractivity contribution >= 4 is 0 Å². The van der Waals surface area contributed by atoms with Crippen LogP contribution in [0.25, 0.3) is 0 Å². The molecule has 0 bridgehead atoms. The number of hydrogen-bond donors (Lipinski definition) is 1. The van der Waals surface area contributed by atoms with Gasteiger partial charge >= 0.3 is 0 Å². The van der Waals surface area contributed by atoms with Crippen LogP contribution in [0.1, 0.15) is 59.3 Å². The molecule has 0 radical (unpaired) electrons. The Balaban J connectivity index is 1.88. The fourth-order valence-electron chi connectivity index (χ4n) is 4.29. The average Bonchev–Trinajstić information content (AvgIpc) is 2.50. The Kier molecular flexibility index (Phi) is 7.48. The van der Waals surface area contributed by atoms with Crippen molar-refractivity contribution in [2.75, 3.05) is 32.8 Å². The minimum absolute atomic E-state index is 0.464. The Bertz CT molecular complexity index is 284. The molecular formula is C18H36N2O. The van der Waals surface area contributed by atoms with Crippen LogP contribution in [0, 0.1) is 11.8 Å². The first-order chi connectivity index (χ1) is 10.3. The first kappa shape index (κ1) is 17.2. The standard InChI is InChI=1S/C18H36N2O/c1-4-7-15-8-9-18(19-6-3)16(12-15)13-20-10-11-21-17(5-2)14-20/h15-19H,4-14H2,1-3H3. The summed E-state index contributed by atoms with van der Waals surface area (Å²) >= 11 is 0. The smallest absolute Gasteiger partial charge is 0.0700 e. The summed E-state index contributed by atoms with van der Waals surface area (Å²) in [6.07, 6.45) is 8.63. The molecule has 0 aromatic carbocycles. The van der Waals surface area contributed by atoms with Crippen molar-refractivity contribution in [1.82, 2.24) is 10.2 Å². The van der Waals surface area contributed by atoms with E-state index in [0.29, 0.717) is 6.10 Å². The van der Waals surface area contributed by atoms with Gasteiger partial charge in [0.05, 0.1) is 12.7 Å². The molecule has 1 heterocycles. The van der Waals surface area contributed by atoms with Gasteiger partial charge in [-0.3, -0.25) is 4.90 Å². The van der Waals surface area contributed by atoms with Gasteiger partial charge in [0.25, 0.3) is 0 Å². The van der Waals surface area contributed by atoms with Gasteiger partial charge in [0.15, 0.2) is 0 Å². The van der Waals surface area contributed by atoms with E-state index in [2.05, 4.69) is 31.0 Å².